The van der Waals surface area contributed by atoms with Crippen LogP contribution in [0.2, 0.25) is 5.02 Å². The van der Waals surface area contributed by atoms with Gasteiger partial charge in [0.25, 0.3) is 0 Å². The molecular formula is C33H34ClF3N2O. The Morgan fingerprint density at radius 2 is 1.82 bits per heavy atom. The Labute approximate surface area is 238 Å². The largest absolute Gasteiger partial charge is 0.494 e. The minimum absolute atomic E-state index is 0.0314. The molecule has 0 amide bonds. The summed E-state index contributed by atoms with van der Waals surface area (Å²) in [6, 6.07) is 22.2. The van der Waals surface area contributed by atoms with Gasteiger partial charge in [0.2, 0.25) is 0 Å². The van der Waals surface area contributed by atoms with Gasteiger partial charge in [-0.25, -0.2) is 0 Å². The SMILES string of the molecule is C/C=C\C(=C/C)C(CN(CCCOc1ccc2[nH]ccc2c1)Cc1cccc(C(F)(F)F)c1Cl)c1ccccc1. The van der Waals surface area contributed by atoms with E-state index in [1.54, 1.807) is 6.07 Å². The Hall–Kier alpha value is -3.48. The van der Waals surface area contributed by atoms with Crippen molar-refractivity contribution in [3.8, 4) is 5.75 Å². The number of benzene rings is 3. The topological polar surface area (TPSA) is 28.3 Å². The summed E-state index contributed by atoms with van der Waals surface area (Å²) in [5.41, 5.74) is 2.98. The number of nitrogens with zero attached hydrogens (tertiary/aromatic N) is 1. The van der Waals surface area contributed by atoms with E-state index in [-0.39, 0.29) is 17.5 Å². The highest BCUT2D eigenvalue weighted by Crippen LogP contribution is 2.37. The average Bonchev–Trinajstić information content (AvgIpc) is 3.41. The van der Waals surface area contributed by atoms with Gasteiger partial charge in [-0.1, -0.05) is 72.3 Å². The molecule has 1 aromatic heterocycles. The molecule has 1 N–H and O–H groups in total. The van der Waals surface area contributed by atoms with Gasteiger partial charge in [-0.2, -0.15) is 13.2 Å². The molecule has 1 atom stereocenters. The smallest absolute Gasteiger partial charge is 0.417 e. The van der Waals surface area contributed by atoms with Crippen LogP contribution in [0.5, 0.6) is 5.75 Å². The molecule has 0 saturated heterocycles. The van der Waals surface area contributed by atoms with Crippen molar-refractivity contribution in [3.63, 3.8) is 0 Å². The molecule has 0 aliphatic carbocycles. The van der Waals surface area contributed by atoms with E-state index >= 15 is 0 Å². The predicted octanol–water partition coefficient (Wildman–Crippen LogP) is 9.42. The molecule has 7 heteroatoms. The Kier molecular flexibility index (Phi) is 10.1. The van der Waals surface area contributed by atoms with Gasteiger partial charge in [0.05, 0.1) is 17.2 Å². The normalized spacial score (nSPS) is 13.4. The van der Waals surface area contributed by atoms with Gasteiger partial charge in [-0.3, -0.25) is 4.90 Å². The lowest BCUT2D eigenvalue weighted by Crippen LogP contribution is -2.31. The fourth-order valence-corrected chi connectivity index (χ4v) is 5.24. The van der Waals surface area contributed by atoms with Gasteiger partial charge in [-0.15, -0.1) is 0 Å². The summed E-state index contributed by atoms with van der Waals surface area (Å²) in [6.45, 7) is 5.98. The number of ether oxygens (including phenoxy) is 1. The summed E-state index contributed by atoms with van der Waals surface area (Å²) < 4.78 is 46.8. The zero-order valence-corrected chi connectivity index (χ0v) is 23.5. The van der Waals surface area contributed by atoms with Crippen molar-refractivity contribution in [1.29, 1.82) is 0 Å². The van der Waals surface area contributed by atoms with Crippen molar-refractivity contribution in [1.82, 2.24) is 9.88 Å². The van der Waals surface area contributed by atoms with Crippen LogP contribution < -0.4 is 4.74 Å². The maximum absolute atomic E-state index is 13.6. The quantitative estimate of drug-likeness (QED) is 0.137. The van der Waals surface area contributed by atoms with Crippen LogP contribution >= 0.6 is 11.6 Å². The minimum atomic E-state index is -4.51. The second-order valence-corrected chi connectivity index (χ2v) is 10.1. The van der Waals surface area contributed by atoms with Crippen LogP contribution in [0.25, 0.3) is 10.9 Å². The van der Waals surface area contributed by atoms with Crippen LogP contribution in [-0.2, 0) is 12.7 Å². The first kappa shape index (κ1) is 29.5. The summed E-state index contributed by atoms with van der Waals surface area (Å²) in [5.74, 6) is 0.815. The number of H-pyrrole nitrogens is 1. The summed E-state index contributed by atoms with van der Waals surface area (Å²) in [7, 11) is 0. The van der Waals surface area contributed by atoms with Crippen molar-refractivity contribution in [3.05, 3.63) is 125 Å². The third-order valence-corrected chi connectivity index (χ3v) is 7.37. The van der Waals surface area contributed by atoms with Crippen molar-refractivity contribution in [2.24, 2.45) is 0 Å². The number of hydrogen-bond donors (Lipinski definition) is 1. The molecule has 0 aliphatic rings. The first-order valence-corrected chi connectivity index (χ1v) is 13.8. The van der Waals surface area contributed by atoms with Gasteiger partial charge < -0.3 is 9.72 Å². The van der Waals surface area contributed by atoms with E-state index < -0.39 is 11.7 Å². The van der Waals surface area contributed by atoms with Crippen LogP contribution in [0.3, 0.4) is 0 Å². The number of rotatable bonds is 12. The number of nitrogens with one attached hydrogen (secondary N) is 1. The van der Waals surface area contributed by atoms with Crippen LogP contribution in [0.1, 0.15) is 42.9 Å². The maximum atomic E-state index is 13.6. The molecule has 0 saturated carbocycles. The third-order valence-electron chi connectivity index (χ3n) is 6.93. The second kappa shape index (κ2) is 13.7. The Bertz CT molecular complexity index is 1440. The molecule has 0 aliphatic heterocycles. The fraction of sp³-hybridized carbons (Fsp3) is 0.273. The van der Waals surface area contributed by atoms with E-state index in [1.165, 1.54) is 6.07 Å². The van der Waals surface area contributed by atoms with Gasteiger partial charge in [0.15, 0.2) is 0 Å². The van der Waals surface area contributed by atoms with Crippen molar-refractivity contribution >= 4 is 22.5 Å². The van der Waals surface area contributed by atoms with Gasteiger partial charge in [-0.05, 0) is 67.3 Å². The zero-order chi connectivity index (χ0) is 28.5. The van der Waals surface area contributed by atoms with Crippen LogP contribution in [0.4, 0.5) is 13.2 Å². The van der Waals surface area contributed by atoms with E-state index in [1.807, 2.05) is 68.6 Å². The molecule has 210 valence electrons. The van der Waals surface area contributed by atoms with E-state index in [2.05, 4.69) is 34.2 Å². The molecule has 4 rings (SSSR count). The van der Waals surface area contributed by atoms with E-state index in [0.29, 0.717) is 31.7 Å². The summed E-state index contributed by atoms with van der Waals surface area (Å²) in [6.07, 6.45) is 4.26. The lowest BCUT2D eigenvalue weighted by molar-refractivity contribution is -0.137. The molecule has 1 unspecified atom stereocenters. The molecule has 1 heterocycles. The number of aromatic amines is 1. The minimum Gasteiger partial charge on any atom is -0.494 e. The molecule has 0 fully saturated rings. The van der Waals surface area contributed by atoms with Crippen LogP contribution in [0.15, 0.2) is 103 Å². The second-order valence-electron chi connectivity index (χ2n) is 9.69. The molecular weight excluding hydrogens is 533 g/mol. The van der Waals surface area contributed by atoms with Gasteiger partial charge >= 0.3 is 6.18 Å². The first-order chi connectivity index (χ1) is 19.3. The lowest BCUT2D eigenvalue weighted by atomic mass is 9.89. The summed E-state index contributed by atoms with van der Waals surface area (Å²) in [5, 5.41) is 0.832. The van der Waals surface area contributed by atoms with Gasteiger partial charge in [0, 0.05) is 42.7 Å². The molecule has 0 bridgehead atoms. The first-order valence-electron chi connectivity index (χ1n) is 13.4. The molecule has 0 radical (unpaired) electrons. The Morgan fingerprint density at radius 1 is 1.02 bits per heavy atom. The van der Waals surface area contributed by atoms with E-state index in [0.717, 1.165) is 33.9 Å². The molecule has 0 spiro atoms. The number of halogens is 4. The molecule has 3 aromatic carbocycles. The van der Waals surface area contributed by atoms with Crippen molar-refractivity contribution in [2.45, 2.75) is 38.9 Å². The number of allylic oxidation sites excluding steroid dienone is 3. The van der Waals surface area contributed by atoms with Crippen LogP contribution in [0, 0.1) is 0 Å². The zero-order valence-electron chi connectivity index (χ0n) is 22.7. The Balaban J connectivity index is 1.56. The standard InChI is InChI=1S/C33H34ClF3N2O/c1-3-10-24(4-2)29(25-11-6-5-7-12-25)23-39(22-27-13-8-14-30(32(27)34)33(35,36)37)19-9-20-40-28-15-16-31-26(21-28)17-18-38-31/h3-8,10-18,21,29,38H,9,19-20,22-23H2,1-2H3/b10-3-,24-4+. The fourth-order valence-electron chi connectivity index (χ4n) is 4.95. The highest BCUT2D eigenvalue weighted by atomic mass is 35.5. The average molecular weight is 567 g/mol. The number of fused-ring (bicyclic) bond motifs is 1. The Morgan fingerprint density at radius 3 is 2.55 bits per heavy atom. The maximum Gasteiger partial charge on any atom is 0.417 e. The number of alkyl halides is 3. The summed E-state index contributed by atoms with van der Waals surface area (Å²) >= 11 is 6.31. The summed E-state index contributed by atoms with van der Waals surface area (Å²) in [4.78, 5) is 5.34. The molecule has 4 aromatic rings. The van der Waals surface area contributed by atoms with Gasteiger partial charge in [0.1, 0.15) is 5.75 Å². The highest BCUT2D eigenvalue weighted by molar-refractivity contribution is 6.32. The predicted molar refractivity (Wildman–Crippen MR) is 158 cm³/mol. The van der Waals surface area contributed by atoms with Crippen molar-refractivity contribution in [2.75, 3.05) is 19.7 Å². The number of aromatic nitrogens is 1. The highest BCUT2D eigenvalue weighted by Gasteiger charge is 2.34. The van der Waals surface area contributed by atoms with Crippen molar-refractivity contribution < 1.29 is 17.9 Å². The monoisotopic (exact) mass is 566 g/mol. The lowest BCUT2D eigenvalue weighted by Gasteiger charge is -2.29. The number of hydrogen-bond acceptors (Lipinski definition) is 2. The van der Waals surface area contributed by atoms with E-state index in [4.69, 9.17) is 16.3 Å². The molecule has 40 heavy (non-hydrogen) atoms. The third kappa shape index (κ3) is 7.58. The van der Waals surface area contributed by atoms with E-state index in [9.17, 15) is 13.2 Å². The van der Waals surface area contributed by atoms with Crippen LogP contribution in [-0.4, -0.2) is 29.6 Å². The molecule has 3 nitrogen and oxygen atoms in total.